The number of anilines is 1. The molecule has 1 fully saturated rings. The van der Waals surface area contributed by atoms with E-state index in [0.29, 0.717) is 52.9 Å². The van der Waals surface area contributed by atoms with Gasteiger partial charge in [-0.3, -0.25) is 14.6 Å². The summed E-state index contributed by atoms with van der Waals surface area (Å²) in [5.74, 6) is -1.54. The van der Waals surface area contributed by atoms with Crippen molar-refractivity contribution in [3.8, 4) is 11.3 Å². The van der Waals surface area contributed by atoms with Crippen molar-refractivity contribution in [2.45, 2.75) is 13.3 Å². The molecule has 1 aliphatic rings. The van der Waals surface area contributed by atoms with E-state index in [1.165, 1.54) is 11.0 Å². The van der Waals surface area contributed by atoms with Crippen LogP contribution in [0.4, 0.5) is 13.9 Å². The van der Waals surface area contributed by atoms with E-state index in [1.54, 1.807) is 31.2 Å². The molecular weight excluding hydrogens is 510 g/mol. The van der Waals surface area contributed by atoms with Crippen molar-refractivity contribution in [2.75, 3.05) is 44.3 Å². The molecule has 1 saturated heterocycles. The third-order valence-electron chi connectivity index (χ3n) is 6.04. The number of fused-ring (bicyclic) bond motifs is 1. The lowest BCUT2D eigenvalue weighted by molar-refractivity contribution is 0.0376. The average molecular weight is 533 g/mol. The molecule has 0 atom stereocenters. The van der Waals surface area contributed by atoms with Gasteiger partial charge >= 0.3 is 0 Å². The summed E-state index contributed by atoms with van der Waals surface area (Å²) < 4.78 is 39.4. The standard InChI is InChI=1S/C25H23ClF2N4O3S/c1-15-21(22(30-35-15)17-5-2-3-6-18(17)26)24(33)32(8-4-7-31-9-11-34-12-10-31)25-29-23-19(28)13-16(27)14-20(23)36-25/h2-3,5-6,13-14H,4,7-12H2,1H3. The molecule has 0 bridgehead atoms. The third-order valence-corrected chi connectivity index (χ3v) is 7.40. The first-order valence-electron chi connectivity index (χ1n) is 11.5. The van der Waals surface area contributed by atoms with Gasteiger partial charge in [0.2, 0.25) is 0 Å². The molecule has 1 amide bonds. The summed E-state index contributed by atoms with van der Waals surface area (Å²) in [6.45, 7) is 5.70. The maximum Gasteiger partial charge on any atom is 0.265 e. The first-order chi connectivity index (χ1) is 17.4. The van der Waals surface area contributed by atoms with Crippen LogP contribution in [0, 0.1) is 18.6 Å². The van der Waals surface area contributed by atoms with E-state index in [2.05, 4.69) is 15.0 Å². The van der Waals surface area contributed by atoms with E-state index < -0.39 is 17.5 Å². The molecule has 3 heterocycles. The van der Waals surface area contributed by atoms with Crippen LogP contribution in [-0.2, 0) is 4.74 Å². The second-order valence-electron chi connectivity index (χ2n) is 8.44. The highest BCUT2D eigenvalue weighted by Crippen LogP contribution is 2.35. The van der Waals surface area contributed by atoms with Crippen molar-refractivity contribution in [1.29, 1.82) is 0 Å². The summed E-state index contributed by atoms with van der Waals surface area (Å²) in [4.78, 5) is 22.1. The molecule has 2 aromatic carbocycles. The summed E-state index contributed by atoms with van der Waals surface area (Å²) >= 11 is 7.45. The number of carbonyl (C=O) groups is 1. The number of aryl methyl sites for hydroxylation is 1. The Bertz CT molecular complexity index is 1400. The number of halogens is 3. The molecule has 36 heavy (non-hydrogen) atoms. The lowest BCUT2D eigenvalue weighted by Crippen LogP contribution is -2.39. The summed E-state index contributed by atoms with van der Waals surface area (Å²) in [7, 11) is 0. The molecule has 0 saturated carbocycles. The molecule has 2 aromatic heterocycles. The van der Waals surface area contributed by atoms with Crippen molar-refractivity contribution in [3.05, 3.63) is 64.4 Å². The van der Waals surface area contributed by atoms with Crippen molar-refractivity contribution in [1.82, 2.24) is 15.0 Å². The number of morpholine rings is 1. The molecule has 7 nitrogen and oxygen atoms in total. The third kappa shape index (κ3) is 4.99. The monoisotopic (exact) mass is 532 g/mol. The molecule has 0 unspecified atom stereocenters. The van der Waals surface area contributed by atoms with Gasteiger partial charge in [0.1, 0.15) is 28.4 Å². The molecule has 0 radical (unpaired) electrons. The zero-order valence-electron chi connectivity index (χ0n) is 19.5. The van der Waals surface area contributed by atoms with Gasteiger partial charge in [-0.15, -0.1) is 0 Å². The van der Waals surface area contributed by atoms with Crippen molar-refractivity contribution in [2.24, 2.45) is 0 Å². The number of thiazole rings is 1. The first kappa shape index (κ1) is 24.8. The zero-order chi connectivity index (χ0) is 25.2. The van der Waals surface area contributed by atoms with Crippen LogP contribution < -0.4 is 4.90 Å². The second-order valence-corrected chi connectivity index (χ2v) is 9.85. The van der Waals surface area contributed by atoms with Gasteiger partial charge in [-0.1, -0.05) is 46.3 Å². The highest BCUT2D eigenvalue weighted by molar-refractivity contribution is 7.22. The summed E-state index contributed by atoms with van der Waals surface area (Å²) in [6.07, 6.45) is 0.643. The van der Waals surface area contributed by atoms with E-state index in [1.807, 2.05) is 0 Å². The van der Waals surface area contributed by atoms with E-state index in [4.69, 9.17) is 20.9 Å². The van der Waals surface area contributed by atoms with Crippen molar-refractivity contribution >= 4 is 44.2 Å². The van der Waals surface area contributed by atoms with Crippen LogP contribution in [0.3, 0.4) is 0 Å². The van der Waals surface area contributed by atoms with Crippen LogP contribution in [0.25, 0.3) is 21.5 Å². The molecule has 1 aliphatic heterocycles. The second kappa shape index (κ2) is 10.6. The predicted molar refractivity (Wildman–Crippen MR) is 135 cm³/mol. The molecule has 4 aromatic rings. The number of nitrogens with zero attached hydrogens (tertiary/aromatic N) is 4. The number of benzene rings is 2. The highest BCUT2D eigenvalue weighted by Gasteiger charge is 2.30. The Labute approximate surface area is 215 Å². The lowest BCUT2D eigenvalue weighted by Gasteiger charge is -2.27. The van der Waals surface area contributed by atoms with E-state index in [9.17, 15) is 13.6 Å². The fraction of sp³-hybridized carbons (Fsp3) is 0.320. The number of amides is 1. The molecular formula is C25H23ClF2N4O3S. The van der Waals surface area contributed by atoms with Gasteiger partial charge in [0.25, 0.3) is 5.91 Å². The quantitative estimate of drug-likeness (QED) is 0.310. The normalized spacial score (nSPS) is 14.4. The average Bonchev–Trinajstić information content (AvgIpc) is 3.46. The Balaban J connectivity index is 1.51. The summed E-state index contributed by atoms with van der Waals surface area (Å²) in [5.41, 5.74) is 1.15. The molecule has 11 heteroatoms. The van der Waals surface area contributed by atoms with Gasteiger partial charge < -0.3 is 9.26 Å². The van der Waals surface area contributed by atoms with E-state index >= 15 is 0 Å². The van der Waals surface area contributed by atoms with Gasteiger partial charge in [-0.05, 0) is 25.5 Å². The lowest BCUT2D eigenvalue weighted by atomic mass is 10.1. The van der Waals surface area contributed by atoms with Crippen LogP contribution in [-0.4, -0.2) is 60.3 Å². The maximum absolute atomic E-state index is 14.4. The first-order valence-corrected chi connectivity index (χ1v) is 12.7. The Morgan fingerprint density at radius 2 is 2.00 bits per heavy atom. The van der Waals surface area contributed by atoms with Crippen LogP contribution >= 0.6 is 22.9 Å². The fourth-order valence-corrected chi connectivity index (χ4v) is 5.47. The minimum atomic E-state index is -0.772. The summed E-state index contributed by atoms with van der Waals surface area (Å²) in [5, 5.41) is 4.81. The molecule has 0 spiro atoms. The number of rotatable bonds is 7. The zero-order valence-corrected chi connectivity index (χ0v) is 21.0. The Morgan fingerprint density at radius 1 is 1.22 bits per heavy atom. The van der Waals surface area contributed by atoms with Crippen molar-refractivity contribution < 1.29 is 22.8 Å². The Hall–Kier alpha value is -2.92. The summed E-state index contributed by atoms with van der Waals surface area (Å²) in [6, 6.07) is 9.05. The largest absolute Gasteiger partial charge is 0.379 e. The molecule has 5 rings (SSSR count). The van der Waals surface area contributed by atoms with Gasteiger partial charge in [-0.2, -0.15) is 0 Å². The molecule has 188 valence electrons. The van der Waals surface area contributed by atoms with Crippen molar-refractivity contribution in [3.63, 3.8) is 0 Å². The number of carbonyl (C=O) groups excluding carboxylic acids is 1. The smallest absolute Gasteiger partial charge is 0.265 e. The van der Waals surface area contributed by atoms with Crippen LogP contribution in [0.1, 0.15) is 22.5 Å². The van der Waals surface area contributed by atoms with Gasteiger partial charge in [0.05, 0.1) is 22.9 Å². The van der Waals surface area contributed by atoms with Crippen LogP contribution in [0.5, 0.6) is 0 Å². The molecule has 0 N–H and O–H groups in total. The predicted octanol–water partition coefficient (Wildman–Crippen LogP) is 5.56. The Morgan fingerprint density at radius 3 is 2.78 bits per heavy atom. The fourth-order valence-electron chi connectivity index (χ4n) is 4.22. The number of hydrogen-bond donors (Lipinski definition) is 0. The number of aromatic nitrogens is 2. The highest BCUT2D eigenvalue weighted by atomic mass is 35.5. The van der Waals surface area contributed by atoms with E-state index in [0.717, 1.165) is 37.0 Å². The SMILES string of the molecule is Cc1onc(-c2ccccc2Cl)c1C(=O)N(CCCN1CCOCC1)c1nc2c(F)cc(F)cc2s1. The minimum absolute atomic E-state index is 0.0238. The number of ether oxygens (including phenoxy) is 1. The Kier molecular flexibility index (Phi) is 7.29. The van der Waals surface area contributed by atoms with Crippen LogP contribution in [0.2, 0.25) is 5.02 Å². The maximum atomic E-state index is 14.4. The van der Waals surface area contributed by atoms with Gasteiger partial charge in [0, 0.05) is 37.8 Å². The van der Waals surface area contributed by atoms with E-state index in [-0.39, 0.29) is 16.2 Å². The molecule has 0 aliphatic carbocycles. The minimum Gasteiger partial charge on any atom is -0.379 e. The number of hydrogen-bond acceptors (Lipinski definition) is 7. The topological polar surface area (TPSA) is 71.7 Å². The van der Waals surface area contributed by atoms with Crippen LogP contribution in [0.15, 0.2) is 40.9 Å². The van der Waals surface area contributed by atoms with Gasteiger partial charge in [-0.25, -0.2) is 13.8 Å². The van der Waals surface area contributed by atoms with Gasteiger partial charge in [0.15, 0.2) is 10.9 Å².